The zero-order valence-corrected chi connectivity index (χ0v) is 7.14. The van der Waals surface area contributed by atoms with Gasteiger partial charge in [-0.1, -0.05) is 0 Å². The van der Waals surface area contributed by atoms with Crippen molar-refractivity contribution in [1.82, 2.24) is 0 Å². The Morgan fingerprint density at radius 3 is 2.45 bits per heavy atom. The van der Waals surface area contributed by atoms with Gasteiger partial charge in [0.1, 0.15) is 0 Å². The van der Waals surface area contributed by atoms with Gasteiger partial charge >= 0.3 is 0 Å². The first-order valence-electron chi connectivity index (χ1n) is 4.25. The van der Waals surface area contributed by atoms with Crippen molar-refractivity contribution in [3.8, 4) is 0 Å². The highest BCUT2D eigenvalue weighted by Gasteiger charge is 2.29. The van der Waals surface area contributed by atoms with Gasteiger partial charge in [0.25, 0.3) is 0 Å². The maximum atomic E-state index is 5.42. The van der Waals surface area contributed by atoms with Crippen molar-refractivity contribution in [1.29, 1.82) is 0 Å². The molecule has 3 heteroatoms. The molecule has 0 aromatic heterocycles. The fourth-order valence-corrected chi connectivity index (χ4v) is 1.29. The molecular formula is C8H17NO2. The van der Waals surface area contributed by atoms with Crippen LogP contribution in [-0.4, -0.2) is 25.5 Å². The summed E-state index contributed by atoms with van der Waals surface area (Å²) in [6.07, 6.45) is 3.11. The van der Waals surface area contributed by atoms with E-state index in [2.05, 4.69) is 0 Å². The van der Waals surface area contributed by atoms with Gasteiger partial charge in [0.2, 0.25) is 0 Å². The van der Waals surface area contributed by atoms with Gasteiger partial charge in [-0.25, -0.2) is 0 Å². The summed E-state index contributed by atoms with van der Waals surface area (Å²) in [5.41, 5.74) is 5.37. The molecular weight excluding hydrogens is 142 g/mol. The first-order valence-corrected chi connectivity index (χ1v) is 4.25. The molecule has 1 rings (SSSR count). The summed E-state index contributed by atoms with van der Waals surface area (Å²) in [5.74, 6) is -0.310. The fourth-order valence-electron chi connectivity index (χ4n) is 1.29. The van der Waals surface area contributed by atoms with Crippen LogP contribution in [0.15, 0.2) is 0 Å². The normalized spacial score (nSPS) is 22.4. The SMILES string of the molecule is CC1(CCCCN)OCCO1. The molecule has 0 aromatic carbocycles. The van der Waals surface area contributed by atoms with E-state index in [1.54, 1.807) is 0 Å². The Morgan fingerprint density at radius 1 is 1.27 bits per heavy atom. The first-order chi connectivity index (χ1) is 5.27. The molecule has 0 unspecified atom stereocenters. The summed E-state index contributed by atoms with van der Waals surface area (Å²) in [6, 6.07) is 0. The quantitative estimate of drug-likeness (QED) is 0.619. The minimum absolute atomic E-state index is 0.310. The lowest BCUT2D eigenvalue weighted by molar-refractivity contribution is -0.147. The Labute approximate surface area is 67.9 Å². The summed E-state index contributed by atoms with van der Waals surface area (Å²) < 4.78 is 10.8. The molecule has 0 bridgehead atoms. The number of rotatable bonds is 4. The van der Waals surface area contributed by atoms with Crippen LogP contribution in [0.1, 0.15) is 26.2 Å². The second kappa shape index (κ2) is 4.04. The zero-order chi connectivity index (χ0) is 8.16. The van der Waals surface area contributed by atoms with Crippen LogP contribution in [0, 0.1) is 0 Å². The van der Waals surface area contributed by atoms with E-state index in [1.807, 2.05) is 6.92 Å². The van der Waals surface area contributed by atoms with Crippen LogP contribution in [0.3, 0.4) is 0 Å². The average Bonchev–Trinajstić information content (AvgIpc) is 2.38. The molecule has 0 radical (unpaired) electrons. The predicted molar refractivity (Wildman–Crippen MR) is 43.2 cm³/mol. The van der Waals surface area contributed by atoms with Crippen LogP contribution in [0.4, 0.5) is 0 Å². The van der Waals surface area contributed by atoms with Crippen molar-refractivity contribution >= 4 is 0 Å². The van der Waals surface area contributed by atoms with E-state index in [0.29, 0.717) is 0 Å². The van der Waals surface area contributed by atoms with E-state index < -0.39 is 0 Å². The van der Waals surface area contributed by atoms with Gasteiger partial charge < -0.3 is 15.2 Å². The third kappa shape index (κ3) is 2.77. The smallest absolute Gasteiger partial charge is 0.165 e. The first kappa shape index (κ1) is 8.97. The van der Waals surface area contributed by atoms with E-state index >= 15 is 0 Å². The molecule has 1 heterocycles. The molecule has 1 aliphatic heterocycles. The molecule has 1 fully saturated rings. The lowest BCUT2D eigenvalue weighted by atomic mass is 10.1. The van der Waals surface area contributed by atoms with Gasteiger partial charge in [-0.3, -0.25) is 0 Å². The average molecular weight is 159 g/mol. The van der Waals surface area contributed by atoms with E-state index in [4.69, 9.17) is 15.2 Å². The highest BCUT2D eigenvalue weighted by atomic mass is 16.7. The summed E-state index contributed by atoms with van der Waals surface area (Å²) in [4.78, 5) is 0. The molecule has 66 valence electrons. The van der Waals surface area contributed by atoms with Crippen LogP contribution in [0.2, 0.25) is 0 Å². The van der Waals surface area contributed by atoms with Crippen LogP contribution in [0.25, 0.3) is 0 Å². The van der Waals surface area contributed by atoms with E-state index in [0.717, 1.165) is 39.0 Å². The number of nitrogens with two attached hydrogens (primary N) is 1. The van der Waals surface area contributed by atoms with Crippen LogP contribution < -0.4 is 5.73 Å². The Balaban J connectivity index is 2.13. The van der Waals surface area contributed by atoms with Crippen LogP contribution >= 0.6 is 0 Å². The molecule has 3 nitrogen and oxygen atoms in total. The van der Waals surface area contributed by atoms with Crippen molar-refractivity contribution in [3.05, 3.63) is 0 Å². The second-order valence-corrected chi connectivity index (χ2v) is 3.08. The highest BCUT2D eigenvalue weighted by Crippen LogP contribution is 2.24. The Bertz CT molecular complexity index is 111. The van der Waals surface area contributed by atoms with Crippen molar-refractivity contribution in [2.24, 2.45) is 5.73 Å². The number of hydrogen-bond acceptors (Lipinski definition) is 3. The van der Waals surface area contributed by atoms with E-state index in [-0.39, 0.29) is 5.79 Å². The molecule has 0 aromatic rings. The third-order valence-electron chi connectivity index (χ3n) is 1.98. The Morgan fingerprint density at radius 2 is 1.91 bits per heavy atom. The minimum Gasteiger partial charge on any atom is -0.348 e. The van der Waals surface area contributed by atoms with Gasteiger partial charge in [-0.2, -0.15) is 0 Å². The standard InChI is InChI=1S/C8H17NO2/c1-8(4-2-3-5-9)10-6-7-11-8/h2-7,9H2,1H3. The molecule has 0 aliphatic carbocycles. The molecule has 11 heavy (non-hydrogen) atoms. The van der Waals surface area contributed by atoms with Crippen LogP contribution in [0.5, 0.6) is 0 Å². The summed E-state index contributed by atoms with van der Waals surface area (Å²) in [6.45, 7) is 4.23. The molecule has 1 aliphatic rings. The highest BCUT2D eigenvalue weighted by molar-refractivity contribution is 4.67. The predicted octanol–water partition coefficient (Wildman–Crippen LogP) is 0.878. The zero-order valence-electron chi connectivity index (χ0n) is 7.14. The Hall–Kier alpha value is -0.120. The fraction of sp³-hybridized carbons (Fsp3) is 1.00. The third-order valence-corrected chi connectivity index (χ3v) is 1.98. The largest absolute Gasteiger partial charge is 0.348 e. The molecule has 0 spiro atoms. The second-order valence-electron chi connectivity index (χ2n) is 3.08. The van der Waals surface area contributed by atoms with Crippen molar-refractivity contribution in [2.75, 3.05) is 19.8 Å². The molecule has 0 atom stereocenters. The van der Waals surface area contributed by atoms with Crippen molar-refractivity contribution in [3.63, 3.8) is 0 Å². The van der Waals surface area contributed by atoms with Gasteiger partial charge in [0, 0.05) is 6.42 Å². The van der Waals surface area contributed by atoms with Crippen molar-refractivity contribution < 1.29 is 9.47 Å². The van der Waals surface area contributed by atoms with Crippen molar-refractivity contribution in [2.45, 2.75) is 32.0 Å². The molecule has 0 amide bonds. The van der Waals surface area contributed by atoms with Gasteiger partial charge in [-0.15, -0.1) is 0 Å². The molecule has 2 N–H and O–H groups in total. The Kier molecular flexibility index (Phi) is 3.30. The van der Waals surface area contributed by atoms with Gasteiger partial charge in [0.05, 0.1) is 13.2 Å². The molecule has 1 saturated heterocycles. The topological polar surface area (TPSA) is 44.5 Å². The van der Waals surface area contributed by atoms with Crippen LogP contribution in [-0.2, 0) is 9.47 Å². The number of unbranched alkanes of at least 4 members (excludes halogenated alkanes) is 1. The summed E-state index contributed by atoms with van der Waals surface area (Å²) in [7, 11) is 0. The lowest BCUT2D eigenvalue weighted by Crippen LogP contribution is -2.25. The summed E-state index contributed by atoms with van der Waals surface area (Å²) in [5, 5.41) is 0. The van der Waals surface area contributed by atoms with E-state index in [9.17, 15) is 0 Å². The monoisotopic (exact) mass is 159 g/mol. The molecule has 0 saturated carbocycles. The maximum absolute atomic E-state index is 5.42. The van der Waals surface area contributed by atoms with Gasteiger partial charge in [0.15, 0.2) is 5.79 Å². The number of hydrogen-bond donors (Lipinski definition) is 1. The lowest BCUT2D eigenvalue weighted by Gasteiger charge is -2.21. The van der Waals surface area contributed by atoms with E-state index in [1.165, 1.54) is 0 Å². The van der Waals surface area contributed by atoms with Gasteiger partial charge in [-0.05, 0) is 26.3 Å². The summed E-state index contributed by atoms with van der Waals surface area (Å²) >= 11 is 0. The minimum atomic E-state index is -0.310. The number of ether oxygens (including phenoxy) is 2. The maximum Gasteiger partial charge on any atom is 0.165 e.